The first-order valence-corrected chi connectivity index (χ1v) is 3.05. The summed E-state index contributed by atoms with van der Waals surface area (Å²) in [5.74, 6) is 1.58. The first-order chi connectivity index (χ1) is 3.92. The lowest BCUT2D eigenvalue weighted by Gasteiger charge is -1.98. The zero-order valence-corrected chi connectivity index (χ0v) is 4.59. The van der Waals surface area contributed by atoms with Crippen LogP contribution < -0.4 is 5.32 Å². The minimum Gasteiger partial charge on any atom is -0.301 e. The van der Waals surface area contributed by atoms with Gasteiger partial charge in [0.25, 0.3) is 0 Å². The third kappa shape index (κ3) is 0.399. The molecule has 1 saturated heterocycles. The molecule has 1 aliphatic carbocycles. The molecule has 42 valence electrons. The maximum Gasteiger partial charge on any atom is 0.0984 e. The van der Waals surface area contributed by atoms with Crippen LogP contribution in [0.3, 0.4) is 0 Å². The van der Waals surface area contributed by atoms with Crippen molar-refractivity contribution in [1.82, 2.24) is 5.32 Å². The van der Waals surface area contributed by atoms with Crippen molar-refractivity contribution in [3.63, 3.8) is 0 Å². The Labute approximate surface area is 48.5 Å². The summed E-state index contributed by atoms with van der Waals surface area (Å²) in [4.78, 5) is 0. The van der Waals surface area contributed by atoms with Crippen molar-refractivity contribution in [3.8, 4) is 6.07 Å². The van der Waals surface area contributed by atoms with Gasteiger partial charge in [-0.2, -0.15) is 5.26 Å². The van der Waals surface area contributed by atoms with E-state index in [2.05, 4.69) is 11.4 Å². The van der Waals surface area contributed by atoms with Crippen LogP contribution in [0.5, 0.6) is 0 Å². The molecule has 0 unspecified atom stereocenters. The number of piperidine rings is 1. The number of hydrogen-bond donors (Lipinski definition) is 1. The van der Waals surface area contributed by atoms with Gasteiger partial charge < -0.3 is 5.32 Å². The second-order valence-electron chi connectivity index (χ2n) is 2.67. The molecule has 0 bridgehead atoms. The van der Waals surface area contributed by atoms with Gasteiger partial charge >= 0.3 is 0 Å². The second kappa shape index (κ2) is 1.24. The predicted octanol–water partition coefficient (Wildman–Crippen LogP) is 0.118. The highest BCUT2D eigenvalue weighted by Crippen LogP contribution is 2.44. The largest absolute Gasteiger partial charge is 0.301 e. The number of hydrogen-bond acceptors (Lipinski definition) is 2. The third-order valence-electron chi connectivity index (χ3n) is 2.14. The molecule has 8 heavy (non-hydrogen) atoms. The van der Waals surface area contributed by atoms with Crippen molar-refractivity contribution < 1.29 is 0 Å². The first kappa shape index (κ1) is 4.34. The fourth-order valence-corrected chi connectivity index (χ4v) is 1.49. The normalized spacial score (nSPS) is 50.1. The van der Waals surface area contributed by atoms with Crippen LogP contribution in [0.1, 0.15) is 6.42 Å². The van der Waals surface area contributed by atoms with Gasteiger partial charge in [0.2, 0.25) is 0 Å². The van der Waals surface area contributed by atoms with Gasteiger partial charge in [-0.3, -0.25) is 0 Å². The van der Waals surface area contributed by atoms with Crippen LogP contribution >= 0.6 is 0 Å². The molecule has 2 heteroatoms. The topological polar surface area (TPSA) is 35.8 Å². The lowest BCUT2D eigenvalue weighted by molar-refractivity contribution is 0.640. The van der Waals surface area contributed by atoms with Crippen molar-refractivity contribution in [2.24, 2.45) is 11.8 Å². The van der Waals surface area contributed by atoms with Gasteiger partial charge in [-0.1, -0.05) is 0 Å². The molecule has 0 aromatic heterocycles. The van der Waals surface area contributed by atoms with E-state index in [4.69, 9.17) is 5.26 Å². The highest BCUT2D eigenvalue weighted by molar-refractivity contribution is 5.11. The van der Waals surface area contributed by atoms with Gasteiger partial charge in [-0.15, -0.1) is 0 Å². The van der Waals surface area contributed by atoms with E-state index in [1.807, 2.05) is 0 Å². The van der Waals surface area contributed by atoms with E-state index in [1.54, 1.807) is 0 Å². The summed E-state index contributed by atoms with van der Waals surface area (Å²) < 4.78 is 0. The molecular formula is C6H8N2. The quantitative estimate of drug-likeness (QED) is 0.478. The fourth-order valence-electron chi connectivity index (χ4n) is 1.49. The van der Waals surface area contributed by atoms with E-state index in [0.717, 1.165) is 18.4 Å². The zero-order valence-electron chi connectivity index (χ0n) is 4.59. The van der Waals surface area contributed by atoms with Crippen molar-refractivity contribution in [1.29, 1.82) is 5.26 Å². The molecule has 0 aromatic rings. The first-order valence-electron chi connectivity index (χ1n) is 3.05. The van der Waals surface area contributed by atoms with Crippen LogP contribution in [0.2, 0.25) is 0 Å². The van der Waals surface area contributed by atoms with Gasteiger partial charge in [0, 0.05) is 0 Å². The Morgan fingerprint density at radius 1 is 1.62 bits per heavy atom. The Bertz CT molecular complexity index is 147. The Hall–Kier alpha value is -0.550. The van der Waals surface area contributed by atoms with Gasteiger partial charge in [-0.05, 0) is 24.8 Å². The molecule has 1 N–H and O–H groups in total. The van der Waals surface area contributed by atoms with E-state index in [9.17, 15) is 0 Å². The zero-order chi connectivity index (χ0) is 5.56. The van der Waals surface area contributed by atoms with Crippen LogP contribution in [0, 0.1) is 23.2 Å². The lowest BCUT2D eigenvalue weighted by Crippen LogP contribution is -2.23. The highest BCUT2D eigenvalue weighted by atomic mass is 15.0. The molecule has 1 heterocycles. The maximum absolute atomic E-state index is 8.45. The van der Waals surface area contributed by atoms with Crippen molar-refractivity contribution >= 4 is 0 Å². The molecule has 0 radical (unpaired) electrons. The van der Waals surface area contributed by atoms with Gasteiger partial charge in [0.1, 0.15) is 0 Å². The molecule has 1 aliphatic heterocycles. The van der Waals surface area contributed by atoms with E-state index in [1.165, 1.54) is 6.42 Å². The summed E-state index contributed by atoms with van der Waals surface area (Å²) in [7, 11) is 0. The molecule has 0 amide bonds. The predicted molar refractivity (Wildman–Crippen MR) is 29.0 cm³/mol. The van der Waals surface area contributed by atoms with E-state index in [-0.39, 0.29) is 6.04 Å². The molecule has 2 fully saturated rings. The van der Waals surface area contributed by atoms with Gasteiger partial charge in [0.05, 0.1) is 12.1 Å². The minimum absolute atomic E-state index is 0.194. The van der Waals surface area contributed by atoms with Gasteiger partial charge in [-0.25, -0.2) is 0 Å². The SMILES string of the molecule is N#C[C@H]1NC[C@H]2C[C@H]21. The van der Waals surface area contributed by atoms with Crippen LogP contribution in [-0.2, 0) is 0 Å². The Morgan fingerprint density at radius 2 is 2.50 bits per heavy atom. The standard InChI is InChI=1S/C6H8N2/c7-2-6-5-1-4(5)3-8-6/h4-6,8H,1,3H2/t4-,5-,6-/m1/s1. The summed E-state index contributed by atoms with van der Waals surface area (Å²) in [5, 5.41) is 11.6. The number of fused-ring (bicyclic) bond motifs is 1. The number of nitrogens with one attached hydrogen (secondary N) is 1. The molecule has 3 atom stereocenters. The lowest BCUT2D eigenvalue weighted by atomic mass is 10.2. The highest BCUT2D eigenvalue weighted by Gasteiger charge is 2.48. The smallest absolute Gasteiger partial charge is 0.0984 e. The van der Waals surface area contributed by atoms with Crippen LogP contribution in [0.25, 0.3) is 0 Å². The summed E-state index contributed by atoms with van der Waals surface area (Å²) in [5.41, 5.74) is 0. The number of nitriles is 1. The summed E-state index contributed by atoms with van der Waals surface area (Å²) >= 11 is 0. The molecular weight excluding hydrogens is 100 g/mol. The monoisotopic (exact) mass is 108 g/mol. The molecule has 2 rings (SSSR count). The number of rotatable bonds is 0. The third-order valence-corrected chi connectivity index (χ3v) is 2.14. The maximum atomic E-state index is 8.45. The van der Waals surface area contributed by atoms with Gasteiger partial charge in [0.15, 0.2) is 0 Å². The second-order valence-corrected chi connectivity index (χ2v) is 2.67. The average Bonchev–Trinajstić information content (AvgIpc) is 2.46. The Kier molecular flexibility index (Phi) is 0.671. The molecule has 2 nitrogen and oxygen atoms in total. The Morgan fingerprint density at radius 3 is 2.75 bits per heavy atom. The van der Waals surface area contributed by atoms with Crippen molar-refractivity contribution in [3.05, 3.63) is 0 Å². The van der Waals surface area contributed by atoms with Crippen molar-refractivity contribution in [2.75, 3.05) is 6.54 Å². The average molecular weight is 108 g/mol. The number of nitrogens with zero attached hydrogens (tertiary/aromatic N) is 1. The molecule has 0 aromatic carbocycles. The summed E-state index contributed by atoms with van der Waals surface area (Å²) in [6.07, 6.45) is 1.30. The van der Waals surface area contributed by atoms with E-state index < -0.39 is 0 Å². The van der Waals surface area contributed by atoms with E-state index >= 15 is 0 Å². The van der Waals surface area contributed by atoms with Crippen LogP contribution in [-0.4, -0.2) is 12.6 Å². The Balaban J connectivity index is 2.09. The van der Waals surface area contributed by atoms with Crippen LogP contribution in [0.15, 0.2) is 0 Å². The summed E-state index contributed by atoms with van der Waals surface area (Å²) in [6.45, 7) is 1.09. The minimum atomic E-state index is 0.194. The van der Waals surface area contributed by atoms with Crippen LogP contribution in [0.4, 0.5) is 0 Å². The van der Waals surface area contributed by atoms with E-state index in [0.29, 0.717) is 0 Å². The fraction of sp³-hybridized carbons (Fsp3) is 0.833. The van der Waals surface area contributed by atoms with Crippen molar-refractivity contribution in [2.45, 2.75) is 12.5 Å². The molecule has 2 aliphatic rings. The molecule has 1 saturated carbocycles. The summed E-state index contributed by atoms with van der Waals surface area (Å²) in [6, 6.07) is 2.44. The molecule has 0 spiro atoms.